The normalized spacial score (nSPS) is 12.7. The molecule has 5 atom stereocenters. The maximum Gasteiger partial charge on any atom is 0.348 e. The van der Waals surface area contributed by atoms with Gasteiger partial charge in [0.2, 0.25) is 0 Å². The molecule has 0 spiro atoms. The Morgan fingerprint density at radius 3 is 1.06 bits per heavy atom. The number of rotatable bonds is 56. The number of hydrogen-bond acceptors (Lipinski definition) is 33. The van der Waals surface area contributed by atoms with Crippen LogP contribution in [0.25, 0.3) is 0 Å². The van der Waals surface area contributed by atoms with E-state index >= 15 is 0 Å². The van der Waals surface area contributed by atoms with Gasteiger partial charge in [-0.1, -0.05) is 130 Å². The molecule has 0 aliphatic carbocycles. The molecular weight excluding hydrogens is 2100 g/mol. The van der Waals surface area contributed by atoms with E-state index in [2.05, 4.69) is 183 Å². The third-order valence-electron chi connectivity index (χ3n) is 13.7. The average molecular weight is 2300 g/mol. The van der Waals surface area contributed by atoms with Crippen molar-refractivity contribution in [2.75, 3.05) is 179 Å². The molecule has 0 N–H and O–H groups in total. The van der Waals surface area contributed by atoms with E-state index in [-0.39, 0.29) is 140 Å². The summed E-state index contributed by atoms with van der Waals surface area (Å²) < 4.78 is 71.1. The fourth-order valence-corrected chi connectivity index (χ4v) is 19.0. The topological polar surface area (TPSA) is 366 Å². The first-order valence-corrected chi connectivity index (χ1v) is 74.7. The van der Waals surface area contributed by atoms with Crippen molar-refractivity contribution in [3.05, 3.63) is 122 Å². The van der Waals surface area contributed by atoms with Gasteiger partial charge in [0.15, 0.2) is 99.1 Å². The predicted octanol–water partition coefficient (Wildman–Crippen LogP) is 12.0. The van der Waals surface area contributed by atoms with Gasteiger partial charge in [0.1, 0.15) is 6.10 Å². The molecule has 50 heteroatoms. The Balaban J connectivity index is -0.0000000828. The van der Waals surface area contributed by atoms with Crippen molar-refractivity contribution >= 4 is 205 Å². The minimum Gasteiger partial charge on any atom is -0.427 e. The lowest BCUT2D eigenvalue weighted by atomic mass is 10.2. The summed E-state index contributed by atoms with van der Waals surface area (Å²) in [7, 11) is 16.8. The Bertz CT molecular complexity index is 2710. The average Bonchev–Trinajstić information content (AvgIpc) is 1.88. The van der Waals surface area contributed by atoms with E-state index in [1.54, 1.807) is 70.4 Å². The molecule has 0 amide bonds. The van der Waals surface area contributed by atoms with Gasteiger partial charge in [0.05, 0.1) is 121 Å². The standard InChI is InChI=1S/C9H18O3Si.C8H16O3Si.C8H12OSi.C6H11ClO2Si.C6H14O3Si.C6H12OSi.C5H14OSi.2C5H10OSi.C4H5Cl3OSi.C4H10O2Si.2C4H10O2.C4H12OSi.C3H10OSi.4C2H6O2/c1-7(2)9(10)6-13(11-5)12-8(3)4;1-5-11-12(10-4)6-8(9)7(2)3;1-9-10-7-8-5-3-2-4-6-8;1-5(2)6(8)4-10(7)9-3;1-7-10-3-2-8-4-6-5-9-6;1-5(2)6(7)4-8-3;1-5(2,3)7-6-4;2*1-3-5(6)4-7-2;1-2-4(8)3-9(5,6)7;1-5-7-3-4-2-6-4;3*1-3-5-6-4-2;1-3-4-5-2;4*1-3-4-2/h8,13H,1,6H2,2-5H3;12H,2,5-6H2,1,3-4H3;2-6H,7,10H2,1H3;10H,1,4H2,2-3H3;6H,2-5,10H2,1H3;1,4,8H2,2-3H3;7H2,1-4H3;2*3H,1,4,7H2,2H3;2H,1,3H2;4H,2-3,7H2,1H3;2*3-4H2,1-2H3;3-4,6H2,1-2H3;3,5H2,1-2H3;4*1-2H3. The Morgan fingerprint density at radius 1 is 0.475 bits per heavy atom. The van der Waals surface area contributed by atoms with Crippen molar-refractivity contribution < 1.29 is 155 Å². The van der Waals surface area contributed by atoms with E-state index in [0.29, 0.717) is 90.7 Å². The monoisotopic (exact) mass is 2300 g/mol. The Kier molecular flexibility index (Phi) is 186. The third kappa shape index (κ3) is 213. The number of halogens is 4. The van der Waals surface area contributed by atoms with Crippen LogP contribution in [-0.4, -0.2) is 358 Å². The van der Waals surface area contributed by atoms with Gasteiger partial charge in [-0.3, -0.25) is 33.6 Å². The van der Waals surface area contributed by atoms with Crippen LogP contribution in [0.5, 0.6) is 0 Å². The molecule has 0 bridgehead atoms. The number of carbonyl (C=O) groups is 7. The molecule has 0 radical (unpaired) electrons. The van der Waals surface area contributed by atoms with Crippen molar-refractivity contribution in [3.8, 4) is 0 Å². The van der Waals surface area contributed by atoms with Crippen LogP contribution in [0.3, 0.4) is 0 Å². The number of allylic oxidation sites excluding steroid dienone is 7. The van der Waals surface area contributed by atoms with Gasteiger partial charge in [-0.25, -0.2) is 58.7 Å². The molecule has 139 heavy (non-hydrogen) atoms. The highest BCUT2D eigenvalue weighted by atomic mass is 35.8. The van der Waals surface area contributed by atoms with Gasteiger partial charge >= 0.3 is 24.6 Å². The van der Waals surface area contributed by atoms with Crippen LogP contribution in [0, 0.1) is 0 Å². The van der Waals surface area contributed by atoms with Crippen LogP contribution < -0.4 is 0 Å². The maximum absolute atomic E-state index is 11.3. The van der Waals surface area contributed by atoms with Crippen LogP contribution in [0.2, 0.25) is 91.7 Å². The van der Waals surface area contributed by atoms with Crippen molar-refractivity contribution in [1.29, 1.82) is 0 Å². The van der Waals surface area contributed by atoms with Crippen LogP contribution in [0.15, 0.2) is 117 Å². The zero-order valence-electron chi connectivity index (χ0n) is 92.9. The number of carbonyl (C=O) groups excluding carboxylic acids is 7. The van der Waals surface area contributed by atoms with Crippen LogP contribution >= 0.6 is 44.3 Å². The number of ether oxygens (including phenoxy) is 3. The van der Waals surface area contributed by atoms with E-state index in [9.17, 15) is 33.6 Å². The first kappa shape index (κ1) is 173. The molecule has 2 aliphatic rings. The number of benzene rings is 1. The minimum atomic E-state index is -2.75. The zero-order valence-corrected chi connectivity index (χ0v) is 113. The third-order valence-corrected chi connectivity index (χ3v) is 31.4. The van der Waals surface area contributed by atoms with E-state index in [1.807, 2.05) is 68.4 Å². The van der Waals surface area contributed by atoms with Crippen LogP contribution in [-0.2, 0) is 161 Å². The van der Waals surface area contributed by atoms with E-state index in [1.165, 1.54) is 93.8 Å². The summed E-state index contributed by atoms with van der Waals surface area (Å²) in [4.78, 5) is 125. The molecule has 0 aromatic heterocycles. The van der Waals surface area contributed by atoms with Crippen LogP contribution in [0.4, 0.5) is 0 Å². The lowest BCUT2D eigenvalue weighted by molar-refractivity contribution is -0.287. The molecule has 5 unspecified atom stereocenters. The van der Waals surface area contributed by atoms with E-state index in [4.69, 9.17) is 107 Å². The quantitative estimate of drug-likeness (QED) is 0.0111. The highest BCUT2D eigenvalue weighted by Crippen LogP contribution is 2.25. The number of Topliss-reactive ketones (excluding diaryl/α,β-unsaturated/α-hetero) is 4. The fraction of sp³-hybridized carbons (Fsp3) is 0.697. The fourth-order valence-electron chi connectivity index (χ4n) is 6.64. The molecular formula is C89H198Cl4O33Si13. The first-order chi connectivity index (χ1) is 65.6. The largest absolute Gasteiger partial charge is 0.427 e. The number of hydrogen-bond donors (Lipinski definition) is 0. The summed E-state index contributed by atoms with van der Waals surface area (Å²) >= 11 is 21.9. The highest BCUT2D eigenvalue weighted by Gasteiger charge is 2.27. The smallest absolute Gasteiger partial charge is 0.348 e. The van der Waals surface area contributed by atoms with Crippen molar-refractivity contribution in [3.63, 3.8) is 0 Å². The second kappa shape index (κ2) is 149. The van der Waals surface area contributed by atoms with Gasteiger partial charge in [-0.2, -0.15) is 0 Å². The molecule has 2 aliphatic heterocycles. The molecule has 832 valence electrons. The van der Waals surface area contributed by atoms with Gasteiger partial charge < -0.3 is 62.9 Å². The molecule has 1 aromatic carbocycles. The van der Waals surface area contributed by atoms with E-state index < -0.39 is 32.9 Å². The minimum absolute atomic E-state index is 0.00789. The lowest BCUT2D eigenvalue weighted by Crippen LogP contribution is -2.27. The summed E-state index contributed by atoms with van der Waals surface area (Å²) in [5, 5.41) is 0.467. The predicted molar refractivity (Wildman–Crippen MR) is 613 cm³/mol. The van der Waals surface area contributed by atoms with Crippen molar-refractivity contribution in [1.82, 2.24) is 0 Å². The molecule has 33 nitrogen and oxygen atoms in total. The number of epoxide rings is 2. The summed E-state index contributed by atoms with van der Waals surface area (Å²) in [6.07, 6.45) is 5.08. The van der Waals surface area contributed by atoms with Gasteiger partial charge in [-0.05, 0) is 183 Å². The zero-order chi connectivity index (χ0) is 111. The maximum atomic E-state index is 11.3. The molecule has 1 aromatic rings. The summed E-state index contributed by atoms with van der Waals surface area (Å²) in [6, 6.07) is 15.9. The Morgan fingerprint density at radius 2 is 0.842 bits per heavy atom. The molecule has 2 heterocycles. The number of ketones is 7. The molecule has 2 saturated heterocycles. The van der Waals surface area contributed by atoms with Gasteiger partial charge in [0.25, 0.3) is 8.35 Å². The SMILES string of the molecule is C=C(C)C(=O)C[SiH2]C.C=C(C)C(=O)C[SiH](Cl)OC.C=C(C)C(=O)C[SiH](OC)OC(C)C.C=C(C)C(=O)C[SiH](OC)OCC.C=CC(=O)C[SiH2]C.C=CC(=O)C[SiH2]C.C=CC(=O)C[Si](Cl)(Cl)Cl.CCOOCC.CCOOCC.CCO[SiH2]C.CCO[SiH2]CC.COOC.COOC.COOC.COOC.CO[SiH2]C(C)(C)C.CO[SiH2]CC1CO1.CO[SiH2]CCOCC1CO1.CO[SiH2]Cc1ccccc1. The summed E-state index contributed by atoms with van der Waals surface area (Å²) in [5.74, 6) is 0.541. The van der Waals surface area contributed by atoms with E-state index in [0.717, 1.165) is 75.9 Å². The summed E-state index contributed by atoms with van der Waals surface area (Å²) in [5.41, 5.74) is 3.80. The second-order valence-corrected chi connectivity index (χ2v) is 59.8. The Labute approximate surface area is 889 Å². The molecule has 2 fully saturated rings. The van der Waals surface area contributed by atoms with Gasteiger partial charge in [0, 0.05) is 123 Å². The lowest BCUT2D eigenvalue weighted by Gasteiger charge is -2.16. The Hall–Kier alpha value is -1.97. The van der Waals surface area contributed by atoms with Crippen molar-refractivity contribution in [2.24, 2.45) is 0 Å². The van der Waals surface area contributed by atoms with Gasteiger partial charge in [-0.15, -0.1) is 44.3 Å². The molecule has 0 saturated carbocycles. The second-order valence-electron chi connectivity index (χ2n) is 28.4. The van der Waals surface area contributed by atoms with Crippen molar-refractivity contribution in [2.45, 2.75) is 234 Å². The highest BCUT2D eigenvalue weighted by molar-refractivity contribution is 7.65. The first-order valence-electron chi connectivity index (χ1n) is 46.1. The molecule has 3 rings (SSSR count). The van der Waals surface area contributed by atoms with Crippen LogP contribution in [0.1, 0.15) is 123 Å². The summed E-state index contributed by atoms with van der Waals surface area (Å²) in [6.45, 7) is 74.1.